The molecular formula is C21H32O3. The van der Waals surface area contributed by atoms with Gasteiger partial charge in [-0.05, 0) is 62.8 Å². The highest BCUT2D eigenvalue weighted by molar-refractivity contribution is 5.75. The zero-order chi connectivity index (χ0) is 17.2. The van der Waals surface area contributed by atoms with Gasteiger partial charge in [-0.25, -0.2) is 0 Å². The van der Waals surface area contributed by atoms with Crippen LogP contribution in [0.5, 0.6) is 11.5 Å². The van der Waals surface area contributed by atoms with Crippen molar-refractivity contribution < 1.29 is 14.3 Å². The lowest BCUT2D eigenvalue weighted by molar-refractivity contribution is -0.140. The fourth-order valence-electron chi connectivity index (χ4n) is 3.52. The van der Waals surface area contributed by atoms with Crippen LogP contribution in [0.1, 0.15) is 71.6 Å². The van der Waals surface area contributed by atoms with E-state index < -0.39 is 0 Å². The van der Waals surface area contributed by atoms with Gasteiger partial charge in [0.25, 0.3) is 0 Å². The molecular weight excluding hydrogens is 300 g/mol. The monoisotopic (exact) mass is 332 g/mol. The summed E-state index contributed by atoms with van der Waals surface area (Å²) in [6.07, 6.45) is 11.0. The molecule has 0 aliphatic heterocycles. The lowest BCUT2D eigenvalue weighted by atomic mass is 9.80. The van der Waals surface area contributed by atoms with Crippen LogP contribution in [-0.4, -0.2) is 12.6 Å². The van der Waals surface area contributed by atoms with E-state index in [1.807, 2.05) is 31.2 Å². The highest BCUT2D eigenvalue weighted by Crippen LogP contribution is 2.33. The Bertz CT molecular complexity index is 472. The highest BCUT2D eigenvalue weighted by atomic mass is 16.5. The average molecular weight is 332 g/mol. The van der Waals surface area contributed by atoms with Crippen LogP contribution >= 0.6 is 0 Å². The Balaban J connectivity index is 1.70. The molecule has 1 aliphatic rings. The van der Waals surface area contributed by atoms with Gasteiger partial charge in [0.15, 0.2) is 0 Å². The molecule has 1 saturated carbocycles. The van der Waals surface area contributed by atoms with Crippen molar-refractivity contribution in [2.45, 2.75) is 71.6 Å². The molecule has 1 fully saturated rings. The predicted molar refractivity (Wildman–Crippen MR) is 97.5 cm³/mol. The smallest absolute Gasteiger partial charge is 0.314 e. The van der Waals surface area contributed by atoms with Gasteiger partial charge in [-0.3, -0.25) is 4.79 Å². The fourth-order valence-corrected chi connectivity index (χ4v) is 3.52. The minimum atomic E-state index is -0.0661. The summed E-state index contributed by atoms with van der Waals surface area (Å²) in [4.78, 5) is 12.3. The largest absolute Gasteiger partial charge is 0.494 e. The third-order valence-electron chi connectivity index (χ3n) is 5.00. The summed E-state index contributed by atoms with van der Waals surface area (Å²) >= 11 is 0. The second-order valence-electron chi connectivity index (χ2n) is 6.89. The van der Waals surface area contributed by atoms with Crippen LogP contribution in [0, 0.1) is 11.8 Å². The summed E-state index contributed by atoms with van der Waals surface area (Å²) in [6, 6.07) is 7.31. The summed E-state index contributed by atoms with van der Waals surface area (Å²) in [5.74, 6) is 2.24. The van der Waals surface area contributed by atoms with Crippen LogP contribution in [0.25, 0.3) is 0 Å². The van der Waals surface area contributed by atoms with E-state index >= 15 is 0 Å². The van der Waals surface area contributed by atoms with E-state index in [0.717, 1.165) is 24.5 Å². The minimum Gasteiger partial charge on any atom is -0.494 e. The van der Waals surface area contributed by atoms with Crippen LogP contribution in [0.15, 0.2) is 24.3 Å². The Kier molecular flexibility index (Phi) is 8.14. The summed E-state index contributed by atoms with van der Waals surface area (Å²) in [5.41, 5.74) is 0. The molecule has 0 unspecified atom stereocenters. The van der Waals surface area contributed by atoms with Gasteiger partial charge in [-0.1, -0.05) is 39.0 Å². The maximum absolute atomic E-state index is 12.3. The first-order chi connectivity index (χ1) is 11.7. The van der Waals surface area contributed by atoms with Crippen molar-refractivity contribution in [3.8, 4) is 11.5 Å². The summed E-state index contributed by atoms with van der Waals surface area (Å²) in [6.45, 7) is 4.84. The maximum atomic E-state index is 12.3. The average Bonchev–Trinajstić information content (AvgIpc) is 2.61. The van der Waals surface area contributed by atoms with Crippen LogP contribution in [0.4, 0.5) is 0 Å². The second kappa shape index (κ2) is 10.4. The van der Waals surface area contributed by atoms with Crippen molar-refractivity contribution in [1.29, 1.82) is 0 Å². The number of benzene rings is 1. The van der Waals surface area contributed by atoms with E-state index in [9.17, 15) is 4.79 Å². The molecule has 3 nitrogen and oxygen atoms in total. The molecule has 134 valence electrons. The van der Waals surface area contributed by atoms with E-state index in [0.29, 0.717) is 12.4 Å². The van der Waals surface area contributed by atoms with Crippen molar-refractivity contribution in [2.75, 3.05) is 6.61 Å². The van der Waals surface area contributed by atoms with E-state index in [1.54, 1.807) is 0 Å². The van der Waals surface area contributed by atoms with Crippen molar-refractivity contribution in [3.05, 3.63) is 24.3 Å². The number of ether oxygens (including phenoxy) is 2. The molecule has 0 saturated heterocycles. The van der Waals surface area contributed by atoms with Crippen molar-refractivity contribution in [2.24, 2.45) is 11.8 Å². The quantitative estimate of drug-likeness (QED) is 0.327. The van der Waals surface area contributed by atoms with Gasteiger partial charge in [0, 0.05) is 0 Å². The number of unbranched alkanes of at least 4 members (excludes halogenated alkanes) is 3. The molecule has 0 atom stereocenters. The van der Waals surface area contributed by atoms with E-state index in [1.165, 1.54) is 44.9 Å². The molecule has 1 aliphatic carbocycles. The summed E-state index contributed by atoms with van der Waals surface area (Å²) in [7, 11) is 0. The van der Waals surface area contributed by atoms with Crippen molar-refractivity contribution in [3.63, 3.8) is 0 Å². The van der Waals surface area contributed by atoms with Gasteiger partial charge in [0.2, 0.25) is 0 Å². The first-order valence-corrected chi connectivity index (χ1v) is 9.67. The standard InChI is InChI=1S/C21H32O3/c1-3-5-6-7-8-17-9-11-18(12-10-17)21(22)24-20-15-13-19(14-16-20)23-4-2/h13-18H,3-12H2,1-2H3/t17-,18-. The molecule has 0 N–H and O–H groups in total. The molecule has 0 radical (unpaired) electrons. The van der Waals surface area contributed by atoms with Gasteiger partial charge in [-0.2, -0.15) is 0 Å². The number of carbonyl (C=O) groups is 1. The van der Waals surface area contributed by atoms with Crippen molar-refractivity contribution in [1.82, 2.24) is 0 Å². The molecule has 0 spiro atoms. The Morgan fingerprint density at radius 3 is 2.25 bits per heavy atom. The Hall–Kier alpha value is -1.51. The number of hydrogen-bond donors (Lipinski definition) is 0. The van der Waals surface area contributed by atoms with Gasteiger partial charge in [0.1, 0.15) is 11.5 Å². The first kappa shape index (κ1) is 18.8. The molecule has 0 amide bonds. The number of rotatable bonds is 9. The lowest BCUT2D eigenvalue weighted by Crippen LogP contribution is -2.25. The first-order valence-electron chi connectivity index (χ1n) is 9.67. The molecule has 2 rings (SSSR count). The topological polar surface area (TPSA) is 35.5 Å². The SMILES string of the molecule is CCCCCC[C@H]1CC[C@H](C(=O)Oc2ccc(OCC)cc2)CC1. The van der Waals surface area contributed by atoms with Gasteiger partial charge in [-0.15, -0.1) is 0 Å². The predicted octanol–water partition coefficient (Wildman–Crippen LogP) is 5.77. The third kappa shape index (κ3) is 6.18. The molecule has 0 bridgehead atoms. The van der Waals surface area contributed by atoms with Gasteiger partial charge < -0.3 is 9.47 Å². The van der Waals surface area contributed by atoms with Gasteiger partial charge >= 0.3 is 5.97 Å². The van der Waals surface area contributed by atoms with Crippen LogP contribution < -0.4 is 9.47 Å². The Morgan fingerprint density at radius 2 is 1.62 bits per heavy atom. The highest BCUT2D eigenvalue weighted by Gasteiger charge is 2.27. The zero-order valence-corrected chi connectivity index (χ0v) is 15.3. The van der Waals surface area contributed by atoms with Crippen LogP contribution in [-0.2, 0) is 4.79 Å². The molecule has 3 heteroatoms. The number of esters is 1. The van der Waals surface area contributed by atoms with Crippen LogP contribution in [0.2, 0.25) is 0 Å². The molecule has 1 aromatic carbocycles. The van der Waals surface area contributed by atoms with E-state index in [-0.39, 0.29) is 11.9 Å². The zero-order valence-electron chi connectivity index (χ0n) is 15.3. The fraction of sp³-hybridized carbons (Fsp3) is 0.667. The van der Waals surface area contributed by atoms with E-state index in [4.69, 9.17) is 9.47 Å². The van der Waals surface area contributed by atoms with Crippen LogP contribution in [0.3, 0.4) is 0 Å². The summed E-state index contributed by atoms with van der Waals surface area (Å²) in [5, 5.41) is 0. The maximum Gasteiger partial charge on any atom is 0.314 e. The Morgan fingerprint density at radius 1 is 0.958 bits per heavy atom. The Labute approximate surface area is 146 Å². The second-order valence-corrected chi connectivity index (χ2v) is 6.89. The normalized spacial score (nSPS) is 20.6. The number of hydrogen-bond acceptors (Lipinski definition) is 3. The lowest BCUT2D eigenvalue weighted by Gasteiger charge is -2.27. The summed E-state index contributed by atoms with van der Waals surface area (Å²) < 4.78 is 10.9. The number of carbonyl (C=O) groups excluding carboxylic acids is 1. The van der Waals surface area contributed by atoms with E-state index in [2.05, 4.69) is 6.92 Å². The molecule has 24 heavy (non-hydrogen) atoms. The van der Waals surface area contributed by atoms with Gasteiger partial charge in [0.05, 0.1) is 12.5 Å². The third-order valence-corrected chi connectivity index (χ3v) is 5.00. The molecule has 1 aromatic rings. The van der Waals surface area contributed by atoms with Crippen molar-refractivity contribution >= 4 is 5.97 Å². The molecule has 0 heterocycles. The minimum absolute atomic E-state index is 0.0661. The molecule has 0 aromatic heterocycles.